The Morgan fingerprint density at radius 2 is 1.86 bits per heavy atom. The van der Waals surface area contributed by atoms with Crippen LogP contribution in [0.25, 0.3) is 10.8 Å². The Kier molecular flexibility index (Phi) is 4.87. The van der Waals surface area contributed by atoms with E-state index < -0.39 is 5.91 Å². The number of aromatic nitrogens is 3. The second kappa shape index (κ2) is 7.63. The van der Waals surface area contributed by atoms with Gasteiger partial charge in [0.25, 0.3) is 11.5 Å². The number of hydrogen-bond acceptors (Lipinski definition) is 4. The van der Waals surface area contributed by atoms with Crippen molar-refractivity contribution in [1.82, 2.24) is 14.8 Å². The van der Waals surface area contributed by atoms with E-state index in [1.54, 1.807) is 35.1 Å². The van der Waals surface area contributed by atoms with E-state index in [1.807, 2.05) is 55.4 Å². The summed E-state index contributed by atoms with van der Waals surface area (Å²) in [6.07, 6.45) is 1.63. The third-order valence-electron chi connectivity index (χ3n) is 4.74. The van der Waals surface area contributed by atoms with E-state index in [2.05, 4.69) is 15.4 Å². The van der Waals surface area contributed by atoms with Crippen LogP contribution in [-0.2, 0) is 6.54 Å². The summed E-state index contributed by atoms with van der Waals surface area (Å²) in [5.74, 6) is 0.165. The molecule has 29 heavy (non-hydrogen) atoms. The topological polar surface area (TPSA) is 83.0 Å². The number of aromatic amines is 1. The predicted molar refractivity (Wildman–Crippen MR) is 115 cm³/mol. The summed E-state index contributed by atoms with van der Waals surface area (Å²) in [6, 6.07) is 18.7. The zero-order valence-corrected chi connectivity index (χ0v) is 16.2. The normalized spacial score (nSPS) is 10.8. The number of nitrogens with zero attached hydrogens (tertiary/aromatic N) is 3. The second-order valence-corrected chi connectivity index (χ2v) is 6.99. The lowest BCUT2D eigenvalue weighted by Gasteiger charge is -2.13. The van der Waals surface area contributed by atoms with Crippen molar-refractivity contribution in [3.05, 3.63) is 88.5 Å². The molecule has 0 radical (unpaired) electrons. The predicted octanol–water partition coefficient (Wildman–Crippen LogP) is 3.09. The Balaban J connectivity index is 1.54. The van der Waals surface area contributed by atoms with E-state index in [-0.39, 0.29) is 11.3 Å². The molecule has 7 nitrogen and oxygen atoms in total. The molecule has 0 aliphatic carbocycles. The number of rotatable bonds is 5. The highest BCUT2D eigenvalue weighted by molar-refractivity contribution is 6.04. The molecule has 0 spiro atoms. The first-order chi connectivity index (χ1) is 14.0. The summed E-state index contributed by atoms with van der Waals surface area (Å²) < 4.78 is 1.71. The molecule has 4 aromatic rings. The van der Waals surface area contributed by atoms with E-state index in [0.717, 1.165) is 16.6 Å². The van der Waals surface area contributed by atoms with Gasteiger partial charge in [-0.15, -0.1) is 0 Å². The molecular formula is C22H21N5O2. The highest BCUT2D eigenvalue weighted by Crippen LogP contribution is 2.16. The Hall–Kier alpha value is -3.87. The van der Waals surface area contributed by atoms with Gasteiger partial charge in [-0.3, -0.25) is 9.59 Å². The van der Waals surface area contributed by atoms with Gasteiger partial charge in [-0.25, -0.2) is 4.68 Å². The molecule has 1 amide bonds. The fourth-order valence-corrected chi connectivity index (χ4v) is 3.15. The van der Waals surface area contributed by atoms with E-state index in [9.17, 15) is 9.59 Å². The van der Waals surface area contributed by atoms with Crippen LogP contribution in [0, 0.1) is 0 Å². The van der Waals surface area contributed by atoms with Gasteiger partial charge in [0.2, 0.25) is 0 Å². The number of nitrogens with one attached hydrogen (secondary N) is 2. The van der Waals surface area contributed by atoms with E-state index in [4.69, 9.17) is 0 Å². The number of carbonyl (C=O) groups is 1. The first kappa shape index (κ1) is 18.5. The maximum atomic E-state index is 12.7. The fourth-order valence-electron chi connectivity index (χ4n) is 3.15. The lowest BCUT2D eigenvalue weighted by atomic mass is 10.1. The Bertz CT molecular complexity index is 1220. The monoisotopic (exact) mass is 387 g/mol. The number of fused-ring (bicyclic) bond motifs is 1. The molecule has 2 N–H and O–H groups in total. The van der Waals surface area contributed by atoms with Gasteiger partial charge < -0.3 is 15.2 Å². The van der Waals surface area contributed by atoms with Crippen molar-refractivity contribution in [2.24, 2.45) is 0 Å². The van der Waals surface area contributed by atoms with E-state index >= 15 is 0 Å². The molecule has 0 saturated heterocycles. The zero-order valence-electron chi connectivity index (χ0n) is 16.2. The van der Waals surface area contributed by atoms with Crippen molar-refractivity contribution in [1.29, 1.82) is 0 Å². The van der Waals surface area contributed by atoms with Crippen molar-refractivity contribution in [3.63, 3.8) is 0 Å². The number of amides is 1. The van der Waals surface area contributed by atoms with Crippen LogP contribution in [0.5, 0.6) is 0 Å². The average Bonchev–Trinajstić information content (AvgIpc) is 3.15. The molecule has 2 aromatic heterocycles. The van der Waals surface area contributed by atoms with Gasteiger partial charge in [0.1, 0.15) is 11.5 Å². The molecule has 0 aliphatic rings. The minimum atomic E-state index is -0.391. The van der Waals surface area contributed by atoms with E-state index in [1.165, 1.54) is 0 Å². The number of benzene rings is 2. The highest BCUT2D eigenvalue weighted by atomic mass is 16.2. The van der Waals surface area contributed by atoms with Crippen molar-refractivity contribution in [3.8, 4) is 0 Å². The van der Waals surface area contributed by atoms with Gasteiger partial charge in [-0.1, -0.05) is 30.3 Å². The molecule has 0 atom stereocenters. The third-order valence-corrected chi connectivity index (χ3v) is 4.74. The van der Waals surface area contributed by atoms with Gasteiger partial charge in [0.15, 0.2) is 0 Å². The molecule has 0 fully saturated rings. The van der Waals surface area contributed by atoms with E-state index in [0.29, 0.717) is 17.7 Å². The summed E-state index contributed by atoms with van der Waals surface area (Å²) in [5, 5.41) is 8.40. The van der Waals surface area contributed by atoms with Crippen LogP contribution in [0.1, 0.15) is 16.1 Å². The van der Waals surface area contributed by atoms with Gasteiger partial charge >= 0.3 is 0 Å². The molecule has 146 valence electrons. The molecule has 2 aromatic carbocycles. The number of hydrogen-bond donors (Lipinski definition) is 2. The summed E-state index contributed by atoms with van der Waals surface area (Å²) >= 11 is 0. The Labute approximate surface area is 167 Å². The minimum Gasteiger partial charge on any atom is -0.378 e. The number of carbonyl (C=O) groups excluding carboxylic acids is 1. The maximum absolute atomic E-state index is 12.7. The first-order valence-corrected chi connectivity index (χ1v) is 9.23. The van der Waals surface area contributed by atoms with Crippen LogP contribution >= 0.6 is 0 Å². The second-order valence-electron chi connectivity index (χ2n) is 6.99. The summed E-state index contributed by atoms with van der Waals surface area (Å²) in [7, 11) is 3.99. The van der Waals surface area contributed by atoms with Crippen molar-refractivity contribution < 1.29 is 4.79 Å². The van der Waals surface area contributed by atoms with Gasteiger partial charge in [-0.2, -0.15) is 5.10 Å². The molecule has 0 saturated carbocycles. The van der Waals surface area contributed by atoms with Crippen molar-refractivity contribution >= 4 is 28.2 Å². The molecule has 0 aliphatic heterocycles. The van der Waals surface area contributed by atoms with Crippen LogP contribution in [0.4, 0.5) is 11.5 Å². The lowest BCUT2D eigenvalue weighted by molar-refractivity contribution is 0.102. The zero-order chi connectivity index (χ0) is 20.4. The molecule has 4 rings (SSSR count). The summed E-state index contributed by atoms with van der Waals surface area (Å²) in [5.41, 5.74) is 2.09. The number of anilines is 2. The fraction of sp³-hybridized carbons (Fsp3) is 0.136. The molecular weight excluding hydrogens is 366 g/mol. The van der Waals surface area contributed by atoms with Crippen molar-refractivity contribution in [2.75, 3.05) is 24.3 Å². The van der Waals surface area contributed by atoms with Crippen molar-refractivity contribution in [2.45, 2.75) is 6.54 Å². The quantitative estimate of drug-likeness (QED) is 0.551. The molecule has 0 unspecified atom stereocenters. The largest absolute Gasteiger partial charge is 0.378 e. The summed E-state index contributed by atoms with van der Waals surface area (Å²) in [4.78, 5) is 29.6. The lowest BCUT2D eigenvalue weighted by Crippen LogP contribution is -2.20. The third kappa shape index (κ3) is 3.89. The van der Waals surface area contributed by atoms with Gasteiger partial charge in [-0.05, 0) is 35.2 Å². The van der Waals surface area contributed by atoms with Crippen LogP contribution in [0.15, 0.2) is 71.7 Å². The van der Waals surface area contributed by atoms with Crippen LogP contribution in [0.2, 0.25) is 0 Å². The molecule has 0 bridgehead atoms. The summed E-state index contributed by atoms with van der Waals surface area (Å²) in [6.45, 7) is 0.518. The number of H-pyrrole nitrogens is 1. The Morgan fingerprint density at radius 3 is 2.62 bits per heavy atom. The van der Waals surface area contributed by atoms with Crippen LogP contribution in [-0.4, -0.2) is 34.8 Å². The SMILES string of the molecule is CN(C)c1ccc(Cn2nccc2NC(=O)c2cc3ccccc3c(=O)[nH]2)cc1. The number of pyridine rings is 1. The first-order valence-electron chi connectivity index (χ1n) is 9.23. The molecule has 7 heteroatoms. The van der Waals surface area contributed by atoms with Crippen LogP contribution in [0.3, 0.4) is 0 Å². The smallest absolute Gasteiger partial charge is 0.273 e. The van der Waals surface area contributed by atoms with Gasteiger partial charge in [0.05, 0.1) is 12.7 Å². The minimum absolute atomic E-state index is 0.205. The maximum Gasteiger partial charge on any atom is 0.273 e. The standard InChI is InChI=1S/C22H21N5O2/c1-26(2)17-9-7-15(8-10-17)14-27-20(11-12-23-27)25-22(29)19-13-16-5-3-4-6-18(16)21(28)24-19/h3-13H,14H2,1-2H3,(H,24,28)(H,25,29). The van der Waals surface area contributed by atoms with Gasteiger partial charge in [0, 0.05) is 31.2 Å². The molecule has 2 heterocycles. The average molecular weight is 387 g/mol. The van der Waals surface area contributed by atoms with Crippen LogP contribution < -0.4 is 15.8 Å². The highest BCUT2D eigenvalue weighted by Gasteiger charge is 2.12. The Morgan fingerprint density at radius 1 is 1.10 bits per heavy atom.